The number of amides is 2. The molecule has 192 valence electrons. The average Bonchev–Trinajstić information content (AvgIpc) is 3.38. The number of carbonyl (C=O) groups is 2. The second-order valence-corrected chi connectivity index (χ2v) is 10.8. The minimum Gasteiger partial charge on any atom is -0.492 e. The van der Waals surface area contributed by atoms with Crippen LogP contribution in [0.3, 0.4) is 0 Å². The van der Waals surface area contributed by atoms with Crippen LogP contribution in [-0.4, -0.2) is 67.1 Å². The third kappa shape index (κ3) is 5.44. The first-order valence-electron chi connectivity index (χ1n) is 13.5. The summed E-state index contributed by atoms with van der Waals surface area (Å²) in [5.74, 6) is 0.821. The van der Waals surface area contributed by atoms with Gasteiger partial charge in [0.1, 0.15) is 5.75 Å². The van der Waals surface area contributed by atoms with Crippen LogP contribution in [0.5, 0.6) is 5.75 Å². The Labute approximate surface area is 214 Å². The van der Waals surface area contributed by atoms with Crippen molar-refractivity contribution in [2.24, 2.45) is 5.41 Å². The molecule has 2 amide bonds. The molecule has 2 aromatic carbocycles. The quantitative estimate of drug-likeness (QED) is 0.558. The van der Waals surface area contributed by atoms with Gasteiger partial charge in [-0.2, -0.15) is 0 Å². The number of hydrogen-bond donors (Lipinski definition) is 0. The molecule has 6 nitrogen and oxygen atoms in total. The number of carbonyl (C=O) groups excluding carboxylic acids is 2. The summed E-state index contributed by atoms with van der Waals surface area (Å²) in [4.78, 5) is 30.5. The largest absolute Gasteiger partial charge is 0.492 e. The Morgan fingerprint density at radius 2 is 1.72 bits per heavy atom. The van der Waals surface area contributed by atoms with E-state index in [-0.39, 0.29) is 23.3 Å². The molecule has 2 fully saturated rings. The summed E-state index contributed by atoms with van der Waals surface area (Å²) in [5, 5.41) is 0. The molecule has 3 aliphatic heterocycles. The lowest BCUT2D eigenvalue weighted by molar-refractivity contribution is 0.0303. The van der Waals surface area contributed by atoms with Gasteiger partial charge in [-0.15, -0.1) is 0 Å². The van der Waals surface area contributed by atoms with Gasteiger partial charge in [-0.05, 0) is 69.7 Å². The van der Waals surface area contributed by atoms with Crippen molar-refractivity contribution in [3.05, 3.63) is 65.2 Å². The minimum atomic E-state index is -0.0134. The highest BCUT2D eigenvalue weighted by Gasteiger charge is 2.37. The number of benzene rings is 2. The van der Waals surface area contributed by atoms with Crippen LogP contribution in [0.1, 0.15) is 71.2 Å². The lowest BCUT2D eigenvalue weighted by Crippen LogP contribution is -2.45. The van der Waals surface area contributed by atoms with Crippen molar-refractivity contribution in [3.8, 4) is 5.75 Å². The fraction of sp³-hybridized carbons (Fsp3) is 0.533. The van der Waals surface area contributed by atoms with E-state index in [4.69, 9.17) is 9.47 Å². The van der Waals surface area contributed by atoms with Gasteiger partial charge in [-0.1, -0.05) is 36.2 Å². The van der Waals surface area contributed by atoms with E-state index in [0.29, 0.717) is 24.5 Å². The number of ether oxygens (including phenoxy) is 2. The van der Waals surface area contributed by atoms with Crippen LogP contribution in [-0.2, 0) is 4.74 Å². The first-order chi connectivity index (χ1) is 17.5. The molecule has 0 N–H and O–H groups in total. The van der Waals surface area contributed by atoms with Crippen molar-refractivity contribution in [2.75, 3.05) is 39.5 Å². The monoisotopic (exact) mass is 490 g/mol. The highest BCUT2D eigenvalue weighted by Crippen LogP contribution is 2.38. The number of fused-ring (bicyclic) bond motifs is 2. The smallest absolute Gasteiger partial charge is 0.257 e. The van der Waals surface area contributed by atoms with Crippen molar-refractivity contribution in [2.45, 2.75) is 57.9 Å². The number of piperidine rings is 1. The standard InChI is InChI=1S/C30H38N2O4/c1-23-10-12-24(13-11-23)28(33)31-18-15-30(16-19-31)14-4-5-20-35-21-25-7-6-17-32(25)29(34)26-8-2-3-9-27(26)36-22-30/h2-3,8-13,25H,4-7,14-22H2,1H3/t25-/m0/s1. The molecule has 0 aromatic heterocycles. The van der Waals surface area contributed by atoms with E-state index >= 15 is 0 Å². The van der Waals surface area contributed by atoms with Gasteiger partial charge < -0.3 is 19.3 Å². The lowest BCUT2D eigenvalue weighted by atomic mass is 9.75. The van der Waals surface area contributed by atoms with Crippen molar-refractivity contribution in [1.29, 1.82) is 0 Å². The minimum absolute atomic E-state index is 0.0134. The number of rotatable bonds is 1. The summed E-state index contributed by atoms with van der Waals surface area (Å²) in [6.07, 6.45) is 6.93. The van der Waals surface area contributed by atoms with Crippen molar-refractivity contribution in [1.82, 2.24) is 9.80 Å². The van der Waals surface area contributed by atoms with Crippen LogP contribution in [0.15, 0.2) is 48.5 Å². The van der Waals surface area contributed by atoms with Crippen LogP contribution >= 0.6 is 0 Å². The van der Waals surface area contributed by atoms with Gasteiger partial charge >= 0.3 is 0 Å². The van der Waals surface area contributed by atoms with Crippen molar-refractivity contribution >= 4 is 11.8 Å². The lowest BCUT2D eigenvalue weighted by Gasteiger charge is -2.42. The number of hydrogen-bond acceptors (Lipinski definition) is 4. The summed E-state index contributed by atoms with van der Waals surface area (Å²) in [5.41, 5.74) is 2.54. The van der Waals surface area contributed by atoms with Crippen LogP contribution in [0.2, 0.25) is 0 Å². The van der Waals surface area contributed by atoms with Crippen molar-refractivity contribution in [3.63, 3.8) is 0 Å². The summed E-state index contributed by atoms with van der Waals surface area (Å²) in [6.45, 7) is 6.15. The number of aryl methyl sites for hydroxylation is 1. The number of para-hydroxylation sites is 1. The van der Waals surface area contributed by atoms with Crippen LogP contribution < -0.4 is 4.74 Å². The first kappa shape index (κ1) is 24.8. The van der Waals surface area contributed by atoms with Gasteiger partial charge in [0.2, 0.25) is 0 Å². The number of nitrogens with zero attached hydrogens (tertiary/aromatic N) is 2. The predicted octanol–water partition coefficient (Wildman–Crippen LogP) is 5.10. The molecular weight excluding hydrogens is 452 g/mol. The maximum Gasteiger partial charge on any atom is 0.257 e. The van der Waals surface area contributed by atoms with Gasteiger partial charge in [0, 0.05) is 37.2 Å². The van der Waals surface area contributed by atoms with Crippen LogP contribution in [0.25, 0.3) is 0 Å². The first-order valence-corrected chi connectivity index (χ1v) is 13.5. The maximum absolute atomic E-state index is 13.5. The van der Waals surface area contributed by atoms with Crippen molar-refractivity contribution < 1.29 is 19.1 Å². The molecule has 5 rings (SSSR count). The maximum atomic E-state index is 13.5. The van der Waals surface area contributed by atoms with E-state index in [2.05, 4.69) is 0 Å². The van der Waals surface area contributed by atoms with E-state index in [1.54, 1.807) is 0 Å². The fourth-order valence-corrected chi connectivity index (χ4v) is 5.88. The summed E-state index contributed by atoms with van der Waals surface area (Å²) >= 11 is 0. The third-order valence-corrected chi connectivity index (χ3v) is 8.26. The zero-order valence-corrected chi connectivity index (χ0v) is 21.4. The average molecular weight is 491 g/mol. The van der Waals surface area contributed by atoms with Gasteiger partial charge in [0.25, 0.3) is 11.8 Å². The molecule has 36 heavy (non-hydrogen) atoms. The molecule has 3 heterocycles. The van der Waals surface area contributed by atoms with E-state index in [9.17, 15) is 9.59 Å². The predicted molar refractivity (Wildman–Crippen MR) is 139 cm³/mol. The molecule has 0 radical (unpaired) electrons. The summed E-state index contributed by atoms with van der Waals surface area (Å²) < 4.78 is 12.5. The van der Waals surface area contributed by atoms with E-state index in [1.807, 2.05) is 65.3 Å². The topological polar surface area (TPSA) is 59.1 Å². The molecule has 0 unspecified atom stereocenters. The van der Waals surface area contributed by atoms with E-state index < -0.39 is 0 Å². The highest BCUT2D eigenvalue weighted by molar-refractivity contribution is 5.97. The van der Waals surface area contributed by atoms with Gasteiger partial charge in [0.15, 0.2) is 0 Å². The van der Waals surface area contributed by atoms with Gasteiger partial charge in [-0.25, -0.2) is 0 Å². The Kier molecular flexibility index (Phi) is 7.61. The van der Waals surface area contributed by atoms with Crippen LogP contribution in [0.4, 0.5) is 0 Å². The molecule has 0 bridgehead atoms. The highest BCUT2D eigenvalue weighted by atomic mass is 16.5. The summed E-state index contributed by atoms with van der Waals surface area (Å²) in [7, 11) is 0. The molecule has 0 aliphatic carbocycles. The molecule has 6 heteroatoms. The molecule has 3 aliphatic rings. The second kappa shape index (κ2) is 11.0. The molecule has 1 atom stereocenters. The zero-order valence-electron chi connectivity index (χ0n) is 21.4. The summed E-state index contributed by atoms with van der Waals surface area (Å²) in [6, 6.07) is 15.6. The van der Waals surface area contributed by atoms with E-state index in [0.717, 1.165) is 82.3 Å². The molecule has 0 saturated carbocycles. The Morgan fingerprint density at radius 3 is 2.53 bits per heavy atom. The second-order valence-electron chi connectivity index (χ2n) is 10.8. The molecule has 1 spiro atoms. The normalized spacial score (nSPS) is 22.9. The third-order valence-electron chi connectivity index (χ3n) is 8.26. The Balaban J connectivity index is 1.31. The number of likely N-dealkylation sites (tertiary alicyclic amines) is 1. The van der Waals surface area contributed by atoms with Gasteiger partial charge in [0.05, 0.1) is 24.8 Å². The molecule has 2 saturated heterocycles. The molecular formula is C30H38N2O4. The van der Waals surface area contributed by atoms with E-state index in [1.165, 1.54) is 0 Å². The Hall–Kier alpha value is -2.86. The fourth-order valence-electron chi connectivity index (χ4n) is 5.88. The molecule has 2 aromatic rings. The Morgan fingerprint density at radius 1 is 0.944 bits per heavy atom. The zero-order chi connectivity index (χ0) is 25.0. The van der Waals surface area contributed by atoms with Crippen LogP contribution in [0, 0.1) is 12.3 Å². The Bertz CT molecular complexity index is 1060. The SMILES string of the molecule is Cc1ccc(C(=O)N2CCC3(CCCCOC[C@@H]4CCCN4C(=O)c4ccccc4OC3)CC2)cc1. The van der Waals surface area contributed by atoms with Gasteiger partial charge in [-0.3, -0.25) is 9.59 Å².